The molecule has 0 spiro atoms. The van der Waals surface area contributed by atoms with Gasteiger partial charge in [0.15, 0.2) is 10.9 Å². The van der Waals surface area contributed by atoms with E-state index in [9.17, 15) is 4.79 Å². The van der Waals surface area contributed by atoms with Gasteiger partial charge in [-0.15, -0.1) is 10.2 Å². The third kappa shape index (κ3) is 4.78. The zero-order valence-electron chi connectivity index (χ0n) is 15.3. The first-order valence-corrected chi connectivity index (χ1v) is 10.8. The molecule has 1 aromatic carbocycles. The van der Waals surface area contributed by atoms with Gasteiger partial charge in [-0.25, -0.2) is 0 Å². The number of ether oxygens (including phenoxy) is 1. The second kappa shape index (κ2) is 9.21. The summed E-state index contributed by atoms with van der Waals surface area (Å²) in [4.78, 5) is 12.3. The molecule has 7 nitrogen and oxygen atoms in total. The maximum Gasteiger partial charge on any atom is 0.230 e. The van der Waals surface area contributed by atoms with Crippen molar-refractivity contribution in [1.82, 2.24) is 20.1 Å². The smallest absolute Gasteiger partial charge is 0.230 e. The Morgan fingerprint density at radius 2 is 2.17 bits per heavy atom. The first-order chi connectivity index (χ1) is 14.1. The van der Waals surface area contributed by atoms with E-state index in [-0.39, 0.29) is 17.8 Å². The van der Waals surface area contributed by atoms with Crippen molar-refractivity contribution in [1.29, 1.82) is 0 Å². The number of hydrogen-bond acceptors (Lipinski definition) is 6. The molecule has 0 aliphatic carbocycles. The summed E-state index contributed by atoms with van der Waals surface area (Å²) in [5.74, 6) is 1.17. The number of nitrogens with zero attached hydrogens (tertiary/aromatic N) is 3. The van der Waals surface area contributed by atoms with E-state index in [0.717, 1.165) is 25.1 Å². The van der Waals surface area contributed by atoms with Gasteiger partial charge in [0.2, 0.25) is 11.7 Å². The molecular weight excluding hydrogens is 435 g/mol. The lowest BCUT2D eigenvalue weighted by atomic mass is 10.2. The number of aromatic nitrogens is 3. The summed E-state index contributed by atoms with van der Waals surface area (Å²) in [7, 11) is 0. The van der Waals surface area contributed by atoms with Gasteiger partial charge in [0.05, 0.1) is 33.9 Å². The number of hydrogen-bond donors (Lipinski definition) is 1. The van der Waals surface area contributed by atoms with E-state index in [2.05, 4.69) is 15.5 Å². The van der Waals surface area contributed by atoms with Crippen LogP contribution in [0.15, 0.2) is 46.2 Å². The van der Waals surface area contributed by atoms with Gasteiger partial charge >= 0.3 is 0 Å². The van der Waals surface area contributed by atoms with Crippen LogP contribution in [0.4, 0.5) is 0 Å². The molecule has 3 aromatic rings. The molecule has 1 atom stereocenters. The molecular formula is C19H18Cl2N4O3S. The summed E-state index contributed by atoms with van der Waals surface area (Å²) in [5.41, 5.74) is 0.720. The van der Waals surface area contributed by atoms with E-state index in [1.54, 1.807) is 35.1 Å². The van der Waals surface area contributed by atoms with E-state index >= 15 is 0 Å². The standard InChI is InChI=1S/C19H18Cl2N4O3S/c20-14-6-5-12(9-15(14)21)25-18(16-4-2-8-28-16)23-24-19(25)29-11-17(26)22-10-13-3-1-7-27-13/h2,4-6,8-9,13H,1,3,7,10-11H2,(H,22,26)/t13-/m1/s1. The molecule has 1 amide bonds. The van der Waals surface area contributed by atoms with E-state index in [4.69, 9.17) is 32.4 Å². The lowest BCUT2D eigenvalue weighted by Gasteiger charge is -2.12. The van der Waals surface area contributed by atoms with Crippen LogP contribution in [0.1, 0.15) is 12.8 Å². The zero-order chi connectivity index (χ0) is 20.2. The van der Waals surface area contributed by atoms with Crippen LogP contribution in [-0.4, -0.2) is 45.7 Å². The fourth-order valence-corrected chi connectivity index (χ4v) is 4.07. The molecule has 0 unspecified atom stereocenters. The number of rotatable bonds is 7. The first-order valence-electron chi connectivity index (χ1n) is 9.07. The number of furan rings is 1. The normalized spacial score (nSPS) is 16.3. The lowest BCUT2D eigenvalue weighted by molar-refractivity contribution is -0.119. The van der Waals surface area contributed by atoms with Crippen molar-refractivity contribution >= 4 is 40.9 Å². The van der Waals surface area contributed by atoms with Crippen LogP contribution < -0.4 is 5.32 Å². The van der Waals surface area contributed by atoms with Crippen LogP contribution in [-0.2, 0) is 9.53 Å². The average molecular weight is 453 g/mol. The molecule has 1 saturated heterocycles. The van der Waals surface area contributed by atoms with Crippen LogP contribution in [0, 0.1) is 0 Å². The van der Waals surface area contributed by atoms with Crippen LogP contribution >= 0.6 is 35.0 Å². The summed E-state index contributed by atoms with van der Waals surface area (Å²) in [6, 6.07) is 8.80. The lowest BCUT2D eigenvalue weighted by Crippen LogP contribution is -2.32. The molecule has 2 aromatic heterocycles. The molecule has 1 aliphatic heterocycles. The molecule has 0 saturated carbocycles. The summed E-state index contributed by atoms with van der Waals surface area (Å²) >= 11 is 13.5. The molecule has 1 aliphatic rings. The summed E-state index contributed by atoms with van der Waals surface area (Å²) in [6.45, 7) is 1.29. The third-order valence-corrected chi connectivity index (χ3v) is 6.09. The fraction of sp³-hybridized carbons (Fsp3) is 0.316. The van der Waals surface area contributed by atoms with Gasteiger partial charge in [-0.3, -0.25) is 9.36 Å². The van der Waals surface area contributed by atoms with Crippen molar-refractivity contribution < 1.29 is 13.9 Å². The molecule has 1 fully saturated rings. The van der Waals surface area contributed by atoms with Crippen LogP contribution in [0.2, 0.25) is 10.0 Å². The summed E-state index contributed by atoms with van der Waals surface area (Å²) in [5, 5.41) is 12.8. The first kappa shape index (κ1) is 20.3. The van der Waals surface area contributed by atoms with Gasteiger partial charge in [0.1, 0.15) is 0 Å². The van der Waals surface area contributed by atoms with Gasteiger partial charge in [0, 0.05) is 13.2 Å². The number of carbonyl (C=O) groups is 1. The van der Waals surface area contributed by atoms with E-state index in [1.165, 1.54) is 11.8 Å². The molecule has 4 rings (SSSR count). The molecule has 152 valence electrons. The Morgan fingerprint density at radius 3 is 2.90 bits per heavy atom. The van der Waals surface area contributed by atoms with Gasteiger partial charge in [-0.1, -0.05) is 35.0 Å². The van der Waals surface area contributed by atoms with Crippen molar-refractivity contribution in [2.45, 2.75) is 24.1 Å². The van der Waals surface area contributed by atoms with Crippen molar-refractivity contribution in [2.24, 2.45) is 0 Å². The Morgan fingerprint density at radius 1 is 1.28 bits per heavy atom. The molecule has 29 heavy (non-hydrogen) atoms. The summed E-state index contributed by atoms with van der Waals surface area (Å²) < 4.78 is 12.8. The molecule has 0 bridgehead atoms. The monoisotopic (exact) mass is 452 g/mol. The summed E-state index contributed by atoms with van der Waals surface area (Å²) in [6.07, 6.45) is 3.69. The number of thioether (sulfide) groups is 1. The van der Waals surface area contributed by atoms with Crippen LogP contribution in [0.25, 0.3) is 17.3 Å². The van der Waals surface area contributed by atoms with Crippen LogP contribution in [0.5, 0.6) is 0 Å². The van der Waals surface area contributed by atoms with Gasteiger partial charge in [0.25, 0.3) is 0 Å². The minimum absolute atomic E-state index is 0.0891. The maximum atomic E-state index is 12.3. The second-order valence-electron chi connectivity index (χ2n) is 6.45. The fourth-order valence-electron chi connectivity index (χ4n) is 3.00. The second-order valence-corrected chi connectivity index (χ2v) is 8.20. The largest absolute Gasteiger partial charge is 0.461 e. The van der Waals surface area contributed by atoms with Gasteiger partial charge in [-0.05, 0) is 43.2 Å². The highest BCUT2D eigenvalue weighted by molar-refractivity contribution is 7.99. The minimum atomic E-state index is -0.0891. The third-order valence-electron chi connectivity index (χ3n) is 4.42. The Balaban J connectivity index is 1.53. The minimum Gasteiger partial charge on any atom is -0.461 e. The van der Waals surface area contributed by atoms with Crippen molar-refractivity contribution in [3.63, 3.8) is 0 Å². The Hall–Kier alpha value is -2.00. The highest BCUT2D eigenvalue weighted by atomic mass is 35.5. The van der Waals surface area contributed by atoms with E-state index in [1.807, 2.05) is 6.07 Å². The quantitative estimate of drug-likeness (QED) is 0.540. The molecule has 10 heteroatoms. The predicted octanol–water partition coefficient (Wildman–Crippen LogP) is 4.22. The molecule has 1 N–H and O–H groups in total. The number of nitrogens with one attached hydrogen (secondary N) is 1. The number of benzene rings is 1. The van der Waals surface area contributed by atoms with E-state index in [0.29, 0.717) is 33.3 Å². The van der Waals surface area contributed by atoms with Crippen molar-refractivity contribution in [3.05, 3.63) is 46.6 Å². The topological polar surface area (TPSA) is 82.2 Å². The Kier molecular flexibility index (Phi) is 6.44. The molecule has 3 heterocycles. The average Bonchev–Trinajstić information content (AvgIpc) is 3.47. The van der Waals surface area contributed by atoms with Gasteiger partial charge in [-0.2, -0.15) is 0 Å². The van der Waals surface area contributed by atoms with Crippen molar-refractivity contribution in [3.8, 4) is 17.3 Å². The SMILES string of the molecule is O=C(CSc1nnc(-c2ccco2)n1-c1ccc(Cl)c(Cl)c1)NC[C@H]1CCCO1. The molecule has 0 radical (unpaired) electrons. The highest BCUT2D eigenvalue weighted by Crippen LogP contribution is 2.31. The van der Waals surface area contributed by atoms with Gasteiger partial charge < -0.3 is 14.5 Å². The van der Waals surface area contributed by atoms with E-state index < -0.39 is 0 Å². The van der Waals surface area contributed by atoms with Crippen LogP contribution in [0.3, 0.4) is 0 Å². The Bertz CT molecular complexity index is 988. The highest BCUT2D eigenvalue weighted by Gasteiger charge is 2.20. The maximum absolute atomic E-state index is 12.3. The number of halogens is 2. The number of carbonyl (C=O) groups excluding carboxylic acids is 1. The number of amides is 1. The Labute approximate surface area is 181 Å². The van der Waals surface area contributed by atoms with Crippen molar-refractivity contribution in [2.75, 3.05) is 18.9 Å². The zero-order valence-corrected chi connectivity index (χ0v) is 17.6. The predicted molar refractivity (Wildman–Crippen MR) is 112 cm³/mol.